The third-order valence-corrected chi connectivity index (χ3v) is 6.64. The molecular formula is C24H30N2O3. The van der Waals surface area contributed by atoms with Gasteiger partial charge in [-0.15, -0.1) is 0 Å². The minimum atomic E-state index is -0.120. The summed E-state index contributed by atoms with van der Waals surface area (Å²) in [6.07, 6.45) is 4.14. The number of allylic oxidation sites excluding steroid dienone is 2. The number of ether oxygens (including phenoxy) is 1. The Morgan fingerprint density at radius 2 is 1.34 bits per heavy atom. The number of carbonyl (C=O) groups is 2. The number of hydrogen-bond donors (Lipinski definition) is 0. The first-order valence-electron chi connectivity index (χ1n) is 10.5. The van der Waals surface area contributed by atoms with Gasteiger partial charge in [0.2, 0.25) is 0 Å². The van der Waals surface area contributed by atoms with Gasteiger partial charge in [-0.05, 0) is 49.3 Å². The standard InChI is InChI=1S/C24H30N2O3/c1-15-13-21(17(3)23(15)27)26(22-14-16(2)24(28)18(22)4)20-7-5-19(6-8-20)25-9-11-29-12-10-25/h5-8,13-14,17-18,21-22H,9-12H2,1-4H3/t17-,18-,21+,22+/m0/s1. The van der Waals surface area contributed by atoms with Crippen molar-refractivity contribution in [1.29, 1.82) is 0 Å². The molecule has 0 spiro atoms. The van der Waals surface area contributed by atoms with E-state index in [1.807, 2.05) is 27.7 Å². The number of anilines is 2. The van der Waals surface area contributed by atoms with Gasteiger partial charge < -0.3 is 14.5 Å². The van der Waals surface area contributed by atoms with E-state index in [4.69, 9.17) is 4.74 Å². The van der Waals surface area contributed by atoms with Crippen LogP contribution in [0, 0.1) is 11.8 Å². The van der Waals surface area contributed by atoms with E-state index in [9.17, 15) is 9.59 Å². The SMILES string of the molecule is CC1=C[C@@H](N(c2ccc(N3CCOCC3)cc2)[C@@H]2C=C(C)C(=O)[C@H]2C)[C@H](C)C1=O. The lowest BCUT2D eigenvalue weighted by Crippen LogP contribution is -2.47. The van der Waals surface area contributed by atoms with Crippen molar-refractivity contribution in [2.24, 2.45) is 11.8 Å². The lowest BCUT2D eigenvalue weighted by atomic mass is 9.95. The van der Waals surface area contributed by atoms with Crippen molar-refractivity contribution in [3.63, 3.8) is 0 Å². The van der Waals surface area contributed by atoms with E-state index in [2.05, 4.69) is 46.2 Å². The number of benzene rings is 1. The molecule has 1 aromatic rings. The number of Topliss-reactive ketones (excluding diaryl/α,β-unsaturated/α-hetero) is 2. The number of hydrogen-bond acceptors (Lipinski definition) is 5. The van der Waals surface area contributed by atoms with Crippen LogP contribution in [-0.4, -0.2) is 50.0 Å². The molecular weight excluding hydrogens is 364 g/mol. The lowest BCUT2D eigenvalue weighted by Gasteiger charge is -2.39. The Balaban J connectivity index is 1.69. The first-order valence-corrected chi connectivity index (χ1v) is 10.5. The maximum absolute atomic E-state index is 12.5. The molecule has 29 heavy (non-hydrogen) atoms. The van der Waals surface area contributed by atoms with Crippen LogP contribution >= 0.6 is 0 Å². The molecule has 0 radical (unpaired) electrons. The van der Waals surface area contributed by atoms with Crippen LogP contribution < -0.4 is 9.80 Å². The number of ketones is 2. The van der Waals surface area contributed by atoms with Crippen LogP contribution in [0.3, 0.4) is 0 Å². The average molecular weight is 395 g/mol. The maximum atomic E-state index is 12.5. The highest BCUT2D eigenvalue weighted by Crippen LogP contribution is 2.37. The second-order valence-corrected chi connectivity index (χ2v) is 8.51. The Morgan fingerprint density at radius 3 is 1.76 bits per heavy atom. The summed E-state index contributed by atoms with van der Waals surface area (Å²) in [5.74, 6) is 0.154. The molecule has 5 nitrogen and oxygen atoms in total. The highest BCUT2D eigenvalue weighted by atomic mass is 16.5. The Bertz CT molecular complexity index is 823. The van der Waals surface area contributed by atoms with Crippen LogP contribution in [0.15, 0.2) is 47.6 Å². The van der Waals surface area contributed by atoms with Crippen molar-refractivity contribution in [2.45, 2.75) is 39.8 Å². The molecule has 0 aromatic heterocycles. The fourth-order valence-electron chi connectivity index (χ4n) is 4.84. The van der Waals surface area contributed by atoms with Crippen molar-refractivity contribution >= 4 is 22.9 Å². The van der Waals surface area contributed by atoms with E-state index in [1.165, 1.54) is 5.69 Å². The average Bonchev–Trinajstić information content (AvgIpc) is 3.14. The number of morpholine rings is 1. The topological polar surface area (TPSA) is 49.9 Å². The Hall–Kier alpha value is -2.40. The summed E-state index contributed by atoms with van der Waals surface area (Å²) in [7, 11) is 0. The predicted octanol–water partition coefficient (Wildman–Crippen LogP) is 3.40. The van der Waals surface area contributed by atoms with Crippen molar-refractivity contribution < 1.29 is 14.3 Å². The molecule has 1 saturated heterocycles. The van der Waals surface area contributed by atoms with Gasteiger partial charge in [0.15, 0.2) is 11.6 Å². The fraction of sp³-hybridized carbons (Fsp3) is 0.500. The highest BCUT2D eigenvalue weighted by Gasteiger charge is 2.42. The normalized spacial score (nSPS) is 29.9. The Kier molecular flexibility index (Phi) is 5.34. The second kappa shape index (κ2) is 7.79. The van der Waals surface area contributed by atoms with Crippen LogP contribution in [0.2, 0.25) is 0 Å². The van der Waals surface area contributed by atoms with Gasteiger partial charge in [-0.1, -0.05) is 26.0 Å². The fourth-order valence-corrected chi connectivity index (χ4v) is 4.84. The molecule has 0 bridgehead atoms. The van der Waals surface area contributed by atoms with Crippen LogP contribution in [0.4, 0.5) is 11.4 Å². The number of rotatable bonds is 4. The number of carbonyl (C=O) groups excluding carboxylic acids is 2. The third-order valence-electron chi connectivity index (χ3n) is 6.64. The molecule has 154 valence electrons. The van der Waals surface area contributed by atoms with E-state index in [-0.39, 0.29) is 35.5 Å². The van der Waals surface area contributed by atoms with Crippen LogP contribution in [0.25, 0.3) is 0 Å². The molecule has 0 amide bonds. The zero-order chi connectivity index (χ0) is 20.7. The van der Waals surface area contributed by atoms with E-state index in [0.717, 1.165) is 43.1 Å². The van der Waals surface area contributed by atoms with Crippen molar-refractivity contribution in [2.75, 3.05) is 36.1 Å². The van der Waals surface area contributed by atoms with E-state index in [0.29, 0.717) is 0 Å². The maximum Gasteiger partial charge on any atom is 0.163 e. The molecule has 5 heteroatoms. The van der Waals surface area contributed by atoms with Crippen LogP contribution in [0.1, 0.15) is 27.7 Å². The van der Waals surface area contributed by atoms with Crippen molar-refractivity contribution in [3.05, 3.63) is 47.6 Å². The van der Waals surface area contributed by atoms with Gasteiger partial charge in [0.25, 0.3) is 0 Å². The van der Waals surface area contributed by atoms with Gasteiger partial charge in [-0.3, -0.25) is 9.59 Å². The van der Waals surface area contributed by atoms with Gasteiger partial charge in [0.1, 0.15) is 0 Å². The largest absolute Gasteiger partial charge is 0.378 e. The Labute approximate surface area is 173 Å². The van der Waals surface area contributed by atoms with Gasteiger partial charge in [-0.25, -0.2) is 0 Å². The summed E-state index contributed by atoms with van der Waals surface area (Å²) in [5.41, 5.74) is 3.86. The smallest absolute Gasteiger partial charge is 0.163 e. The molecule has 3 aliphatic rings. The van der Waals surface area contributed by atoms with Crippen molar-refractivity contribution in [1.82, 2.24) is 0 Å². The minimum Gasteiger partial charge on any atom is -0.378 e. The van der Waals surface area contributed by atoms with Crippen LogP contribution in [0.5, 0.6) is 0 Å². The first-order chi connectivity index (χ1) is 13.9. The van der Waals surface area contributed by atoms with E-state index >= 15 is 0 Å². The lowest BCUT2D eigenvalue weighted by molar-refractivity contribution is -0.118. The van der Waals surface area contributed by atoms with Gasteiger partial charge in [0.05, 0.1) is 25.3 Å². The van der Waals surface area contributed by atoms with Gasteiger partial charge in [-0.2, -0.15) is 0 Å². The molecule has 0 N–H and O–H groups in total. The zero-order valence-electron chi connectivity index (χ0n) is 17.7. The monoisotopic (exact) mass is 394 g/mol. The molecule has 1 aliphatic heterocycles. The summed E-state index contributed by atoms with van der Waals surface area (Å²) < 4.78 is 5.46. The summed E-state index contributed by atoms with van der Waals surface area (Å²) in [4.78, 5) is 29.7. The second-order valence-electron chi connectivity index (χ2n) is 8.51. The molecule has 0 unspecified atom stereocenters. The molecule has 1 aromatic carbocycles. The van der Waals surface area contributed by atoms with Gasteiger partial charge >= 0.3 is 0 Å². The quantitative estimate of drug-likeness (QED) is 0.783. The first kappa shape index (κ1) is 19.9. The van der Waals surface area contributed by atoms with Gasteiger partial charge in [0, 0.05) is 36.3 Å². The summed E-state index contributed by atoms with van der Waals surface area (Å²) in [5, 5.41) is 0. The summed E-state index contributed by atoms with van der Waals surface area (Å²) in [6, 6.07) is 8.45. The predicted molar refractivity (Wildman–Crippen MR) is 115 cm³/mol. The molecule has 1 heterocycles. The zero-order valence-corrected chi connectivity index (χ0v) is 17.7. The molecule has 0 saturated carbocycles. The Morgan fingerprint density at radius 1 is 0.862 bits per heavy atom. The summed E-state index contributed by atoms with van der Waals surface area (Å²) >= 11 is 0. The number of nitrogens with zero attached hydrogens (tertiary/aromatic N) is 2. The molecule has 2 aliphatic carbocycles. The van der Waals surface area contributed by atoms with Crippen LogP contribution in [-0.2, 0) is 14.3 Å². The third kappa shape index (κ3) is 3.52. The molecule has 1 fully saturated rings. The minimum absolute atomic E-state index is 0.0425. The molecule has 4 rings (SSSR count). The highest BCUT2D eigenvalue weighted by molar-refractivity contribution is 6.02. The van der Waals surface area contributed by atoms with E-state index < -0.39 is 0 Å². The summed E-state index contributed by atoms with van der Waals surface area (Å²) in [6.45, 7) is 11.1. The van der Waals surface area contributed by atoms with E-state index in [1.54, 1.807) is 0 Å². The molecule has 4 atom stereocenters. The van der Waals surface area contributed by atoms with Crippen molar-refractivity contribution in [3.8, 4) is 0 Å².